The SMILES string of the molecule is CNC[C@H]1CCCN1C(=O)c1ccnc(C)n1. The van der Waals surface area contributed by atoms with E-state index >= 15 is 0 Å². The van der Waals surface area contributed by atoms with E-state index in [2.05, 4.69) is 15.3 Å². The van der Waals surface area contributed by atoms with E-state index in [9.17, 15) is 4.79 Å². The zero-order chi connectivity index (χ0) is 12.3. The Bertz CT molecular complexity index is 407. The Balaban J connectivity index is 2.14. The summed E-state index contributed by atoms with van der Waals surface area (Å²) >= 11 is 0. The van der Waals surface area contributed by atoms with Crippen molar-refractivity contribution in [2.45, 2.75) is 25.8 Å². The third kappa shape index (κ3) is 2.61. The van der Waals surface area contributed by atoms with Gasteiger partial charge in [-0.15, -0.1) is 0 Å². The minimum absolute atomic E-state index is 0.0215. The lowest BCUT2D eigenvalue weighted by Crippen LogP contribution is -2.41. The molecule has 2 heterocycles. The van der Waals surface area contributed by atoms with Gasteiger partial charge in [0.25, 0.3) is 5.91 Å². The maximum atomic E-state index is 12.3. The lowest BCUT2D eigenvalue weighted by Gasteiger charge is -2.24. The van der Waals surface area contributed by atoms with E-state index in [4.69, 9.17) is 0 Å². The molecule has 1 saturated heterocycles. The summed E-state index contributed by atoms with van der Waals surface area (Å²) in [7, 11) is 1.91. The van der Waals surface area contributed by atoms with Gasteiger partial charge in [-0.25, -0.2) is 9.97 Å². The summed E-state index contributed by atoms with van der Waals surface area (Å²) in [5, 5.41) is 3.13. The number of hydrogen-bond donors (Lipinski definition) is 1. The molecule has 92 valence electrons. The maximum absolute atomic E-state index is 12.3. The molecule has 1 amide bonds. The number of aromatic nitrogens is 2. The van der Waals surface area contributed by atoms with Crippen molar-refractivity contribution in [3.05, 3.63) is 23.8 Å². The summed E-state index contributed by atoms with van der Waals surface area (Å²) in [6.07, 6.45) is 3.78. The van der Waals surface area contributed by atoms with Gasteiger partial charge in [-0.1, -0.05) is 0 Å². The second-order valence-electron chi connectivity index (χ2n) is 4.34. The summed E-state index contributed by atoms with van der Waals surface area (Å²) < 4.78 is 0. The van der Waals surface area contributed by atoms with Crippen molar-refractivity contribution in [3.8, 4) is 0 Å². The van der Waals surface area contributed by atoms with Crippen LogP contribution >= 0.6 is 0 Å². The smallest absolute Gasteiger partial charge is 0.272 e. The Morgan fingerprint density at radius 3 is 3.18 bits per heavy atom. The molecule has 5 nitrogen and oxygen atoms in total. The molecule has 1 fully saturated rings. The van der Waals surface area contributed by atoms with Crippen molar-refractivity contribution in [3.63, 3.8) is 0 Å². The van der Waals surface area contributed by atoms with Gasteiger partial charge in [0.05, 0.1) is 0 Å². The predicted octanol–water partition coefficient (Wildman–Crippen LogP) is 0.609. The molecule has 1 aliphatic heterocycles. The molecule has 1 N–H and O–H groups in total. The summed E-state index contributed by atoms with van der Waals surface area (Å²) in [6.45, 7) is 3.47. The van der Waals surface area contributed by atoms with Crippen LogP contribution in [0.15, 0.2) is 12.3 Å². The molecular weight excluding hydrogens is 216 g/mol. The summed E-state index contributed by atoms with van der Waals surface area (Å²) in [4.78, 5) is 22.4. The van der Waals surface area contributed by atoms with Gasteiger partial charge in [0, 0.05) is 25.3 Å². The highest BCUT2D eigenvalue weighted by Gasteiger charge is 2.29. The topological polar surface area (TPSA) is 58.1 Å². The average Bonchev–Trinajstić information content (AvgIpc) is 2.77. The average molecular weight is 234 g/mol. The number of carbonyl (C=O) groups excluding carboxylic acids is 1. The molecule has 0 bridgehead atoms. The number of nitrogens with zero attached hydrogens (tertiary/aromatic N) is 3. The Hall–Kier alpha value is -1.49. The number of nitrogens with one attached hydrogen (secondary N) is 1. The number of likely N-dealkylation sites (N-methyl/N-ethyl adjacent to an activating group) is 1. The Morgan fingerprint density at radius 2 is 2.47 bits per heavy atom. The molecular formula is C12H18N4O. The van der Waals surface area contributed by atoms with Crippen LogP contribution in [0.5, 0.6) is 0 Å². The molecule has 0 radical (unpaired) electrons. The first kappa shape index (κ1) is 12.0. The molecule has 0 aliphatic carbocycles. The van der Waals surface area contributed by atoms with E-state index in [0.717, 1.165) is 25.9 Å². The van der Waals surface area contributed by atoms with Gasteiger partial charge >= 0.3 is 0 Å². The fourth-order valence-corrected chi connectivity index (χ4v) is 2.27. The quantitative estimate of drug-likeness (QED) is 0.832. The monoisotopic (exact) mass is 234 g/mol. The van der Waals surface area contributed by atoms with Crippen LogP contribution in [0.1, 0.15) is 29.2 Å². The van der Waals surface area contributed by atoms with Gasteiger partial charge in [0.1, 0.15) is 11.5 Å². The van der Waals surface area contributed by atoms with Gasteiger partial charge in [-0.2, -0.15) is 0 Å². The standard InChI is InChI=1S/C12H18N4O/c1-9-14-6-5-11(15-9)12(17)16-7-3-4-10(16)8-13-2/h5-6,10,13H,3-4,7-8H2,1-2H3/t10-/m1/s1. The van der Waals surface area contributed by atoms with Crippen LogP contribution in [0.2, 0.25) is 0 Å². The van der Waals surface area contributed by atoms with Gasteiger partial charge < -0.3 is 10.2 Å². The molecule has 0 spiro atoms. The molecule has 0 aromatic carbocycles. The number of rotatable bonds is 3. The first-order valence-corrected chi connectivity index (χ1v) is 5.97. The Morgan fingerprint density at radius 1 is 1.65 bits per heavy atom. The number of aryl methyl sites for hydroxylation is 1. The zero-order valence-corrected chi connectivity index (χ0v) is 10.3. The van der Waals surface area contributed by atoms with Crippen molar-refractivity contribution in [1.82, 2.24) is 20.2 Å². The van der Waals surface area contributed by atoms with Gasteiger partial charge in [-0.3, -0.25) is 4.79 Å². The number of hydrogen-bond acceptors (Lipinski definition) is 4. The van der Waals surface area contributed by atoms with E-state index in [0.29, 0.717) is 17.6 Å². The highest BCUT2D eigenvalue weighted by atomic mass is 16.2. The van der Waals surface area contributed by atoms with Crippen LogP contribution in [0, 0.1) is 6.92 Å². The Labute approximate surface area is 101 Å². The lowest BCUT2D eigenvalue weighted by molar-refractivity contribution is 0.0730. The van der Waals surface area contributed by atoms with E-state index in [1.54, 1.807) is 19.2 Å². The van der Waals surface area contributed by atoms with E-state index in [-0.39, 0.29) is 5.91 Å². The van der Waals surface area contributed by atoms with Crippen molar-refractivity contribution < 1.29 is 4.79 Å². The van der Waals surface area contributed by atoms with Crippen molar-refractivity contribution in [2.24, 2.45) is 0 Å². The first-order valence-electron chi connectivity index (χ1n) is 5.97. The van der Waals surface area contributed by atoms with E-state index in [1.165, 1.54) is 0 Å². The molecule has 2 rings (SSSR count). The second kappa shape index (κ2) is 5.23. The third-order valence-corrected chi connectivity index (χ3v) is 3.07. The van der Waals surface area contributed by atoms with Crippen LogP contribution in [0.4, 0.5) is 0 Å². The molecule has 5 heteroatoms. The normalized spacial score (nSPS) is 19.6. The molecule has 0 saturated carbocycles. The zero-order valence-electron chi connectivity index (χ0n) is 10.3. The van der Waals surface area contributed by atoms with Gasteiger partial charge in [0.15, 0.2) is 0 Å². The largest absolute Gasteiger partial charge is 0.333 e. The van der Waals surface area contributed by atoms with E-state index < -0.39 is 0 Å². The van der Waals surface area contributed by atoms with Gasteiger partial charge in [-0.05, 0) is 32.9 Å². The second-order valence-corrected chi connectivity index (χ2v) is 4.34. The molecule has 1 aliphatic rings. The number of carbonyl (C=O) groups is 1. The molecule has 0 unspecified atom stereocenters. The highest BCUT2D eigenvalue weighted by molar-refractivity contribution is 5.92. The minimum Gasteiger partial charge on any atom is -0.333 e. The fraction of sp³-hybridized carbons (Fsp3) is 0.583. The van der Waals surface area contributed by atoms with Crippen molar-refractivity contribution >= 4 is 5.91 Å². The van der Waals surface area contributed by atoms with Crippen LogP contribution in [0.25, 0.3) is 0 Å². The van der Waals surface area contributed by atoms with E-state index in [1.807, 2.05) is 11.9 Å². The molecule has 1 aromatic heterocycles. The Kier molecular flexibility index (Phi) is 3.68. The maximum Gasteiger partial charge on any atom is 0.272 e. The minimum atomic E-state index is 0.0215. The summed E-state index contributed by atoms with van der Waals surface area (Å²) in [5.74, 6) is 0.661. The third-order valence-electron chi connectivity index (χ3n) is 3.07. The number of amides is 1. The lowest BCUT2D eigenvalue weighted by atomic mass is 10.2. The van der Waals surface area contributed by atoms with Crippen LogP contribution in [-0.4, -0.2) is 47.0 Å². The summed E-state index contributed by atoms with van der Waals surface area (Å²) in [6, 6.07) is 1.98. The van der Waals surface area contributed by atoms with Crippen molar-refractivity contribution in [2.75, 3.05) is 20.1 Å². The van der Waals surface area contributed by atoms with Crippen LogP contribution < -0.4 is 5.32 Å². The molecule has 1 atom stereocenters. The van der Waals surface area contributed by atoms with Crippen LogP contribution in [-0.2, 0) is 0 Å². The highest BCUT2D eigenvalue weighted by Crippen LogP contribution is 2.18. The summed E-state index contributed by atoms with van der Waals surface area (Å²) in [5.41, 5.74) is 0.500. The van der Waals surface area contributed by atoms with Crippen LogP contribution in [0.3, 0.4) is 0 Å². The van der Waals surface area contributed by atoms with Crippen molar-refractivity contribution in [1.29, 1.82) is 0 Å². The van der Waals surface area contributed by atoms with Gasteiger partial charge in [0.2, 0.25) is 0 Å². The predicted molar refractivity (Wildman–Crippen MR) is 64.8 cm³/mol. The number of likely N-dealkylation sites (tertiary alicyclic amines) is 1. The fourth-order valence-electron chi connectivity index (χ4n) is 2.27. The molecule has 1 aromatic rings. The molecule has 17 heavy (non-hydrogen) atoms. The first-order chi connectivity index (χ1) is 8.22.